The Morgan fingerprint density at radius 2 is 1.74 bits per heavy atom. The van der Waals surface area contributed by atoms with Crippen molar-refractivity contribution in [3.05, 3.63) is 57.0 Å². The molecule has 0 fully saturated rings. The van der Waals surface area contributed by atoms with Crippen LogP contribution in [0.5, 0.6) is 0 Å². The van der Waals surface area contributed by atoms with E-state index in [0.29, 0.717) is 15.7 Å². The predicted octanol–water partition coefficient (Wildman–Crippen LogP) is 4.32. The molecule has 3 nitrogen and oxygen atoms in total. The number of nitrogens with one attached hydrogen (secondary N) is 1. The van der Waals surface area contributed by atoms with E-state index < -0.39 is 10.0 Å². The first kappa shape index (κ1) is 14.6. The minimum absolute atomic E-state index is 0.280. The van der Waals surface area contributed by atoms with Crippen LogP contribution in [0.15, 0.2) is 56.3 Å². The third-order valence-corrected chi connectivity index (χ3v) is 5.27. The van der Waals surface area contributed by atoms with Crippen LogP contribution in [0.3, 0.4) is 0 Å². The summed E-state index contributed by atoms with van der Waals surface area (Å²) in [4.78, 5) is 0.280. The summed E-state index contributed by atoms with van der Waals surface area (Å²) in [6.07, 6.45) is 0. The van der Waals surface area contributed by atoms with E-state index >= 15 is 0 Å². The molecule has 2 aromatic carbocycles. The Balaban J connectivity index is 2.43. The summed E-state index contributed by atoms with van der Waals surface area (Å²) < 4.78 is 28.7. The van der Waals surface area contributed by atoms with E-state index in [1.165, 1.54) is 0 Å². The first-order valence-corrected chi connectivity index (χ1v) is 8.50. The molecule has 0 saturated heterocycles. The van der Waals surface area contributed by atoms with Crippen LogP contribution in [-0.4, -0.2) is 8.42 Å². The molecule has 0 radical (unpaired) electrons. The molecule has 0 aliphatic carbocycles. The number of benzene rings is 2. The molecule has 2 rings (SSSR count). The maximum atomic E-state index is 12.3. The van der Waals surface area contributed by atoms with Crippen molar-refractivity contribution >= 4 is 47.6 Å². The lowest BCUT2D eigenvalue weighted by Crippen LogP contribution is -2.14. The lowest BCUT2D eigenvalue weighted by atomic mass is 10.2. The Morgan fingerprint density at radius 3 is 2.42 bits per heavy atom. The zero-order chi connectivity index (χ0) is 14.0. The van der Waals surface area contributed by atoms with E-state index in [2.05, 4.69) is 36.6 Å². The van der Waals surface area contributed by atoms with Crippen LogP contribution in [0.2, 0.25) is 0 Å². The number of hydrogen-bond acceptors (Lipinski definition) is 2. The van der Waals surface area contributed by atoms with E-state index in [4.69, 9.17) is 0 Å². The molecule has 0 heterocycles. The molecule has 0 aromatic heterocycles. The highest BCUT2D eigenvalue weighted by molar-refractivity contribution is 9.11. The predicted molar refractivity (Wildman–Crippen MR) is 83.8 cm³/mol. The maximum Gasteiger partial charge on any atom is 0.262 e. The van der Waals surface area contributed by atoms with Gasteiger partial charge in [0.15, 0.2) is 0 Å². The van der Waals surface area contributed by atoms with E-state index in [1.807, 2.05) is 12.1 Å². The molecule has 0 aliphatic heterocycles. The summed E-state index contributed by atoms with van der Waals surface area (Å²) in [5, 5.41) is 0. The largest absolute Gasteiger partial charge is 0.278 e. The molecule has 0 aliphatic rings. The van der Waals surface area contributed by atoms with E-state index in [9.17, 15) is 8.42 Å². The average molecular weight is 405 g/mol. The van der Waals surface area contributed by atoms with Crippen molar-refractivity contribution in [3.8, 4) is 0 Å². The van der Waals surface area contributed by atoms with Gasteiger partial charge in [0.05, 0.1) is 10.6 Å². The number of aryl methyl sites for hydroxylation is 1. The molecule has 2 aromatic rings. The molecule has 6 heteroatoms. The van der Waals surface area contributed by atoms with Crippen molar-refractivity contribution in [1.29, 1.82) is 0 Å². The normalized spacial score (nSPS) is 11.3. The fourth-order valence-electron chi connectivity index (χ4n) is 1.63. The zero-order valence-electron chi connectivity index (χ0n) is 10.0. The van der Waals surface area contributed by atoms with Crippen molar-refractivity contribution in [1.82, 2.24) is 0 Å². The van der Waals surface area contributed by atoms with Crippen molar-refractivity contribution in [3.63, 3.8) is 0 Å². The van der Waals surface area contributed by atoms with Gasteiger partial charge in [0, 0.05) is 8.95 Å². The smallest absolute Gasteiger partial charge is 0.262 e. The second kappa shape index (κ2) is 5.64. The van der Waals surface area contributed by atoms with Crippen LogP contribution in [0.25, 0.3) is 0 Å². The molecule has 0 spiro atoms. The van der Waals surface area contributed by atoms with Gasteiger partial charge in [-0.25, -0.2) is 8.42 Å². The van der Waals surface area contributed by atoms with Crippen molar-refractivity contribution in [2.24, 2.45) is 0 Å². The van der Waals surface area contributed by atoms with E-state index in [0.717, 1.165) is 4.47 Å². The highest BCUT2D eigenvalue weighted by atomic mass is 79.9. The number of sulfonamides is 1. The Kier molecular flexibility index (Phi) is 4.32. The van der Waals surface area contributed by atoms with Gasteiger partial charge >= 0.3 is 0 Å². The third-order valence-electron chi connectivity index (χ3n) is 2.56. The Bertz CT molecular complexity index is 714. The van der Waals surface area contributed by atoms with Gasteiger partial charge in [0.1, 0.15) is 0 Å². The van der Waals surface area contributed by atoms with Gasteiger partial charge in [0.25, 0.3) is 10.0 Å². The molecule has 19 heavy (non-hydrogen) atoms. The standard InChI is InChI=1S/C13H11Br2NO2S/c1-9-4-2-3-5-13(9)19(17,18)16-12-8-10(14)6-7-11(12)15/h2-8,16H,1H3. The quantitative estimate of drug-likeness (QED) is 0.827. The number of hydrogen-bond donors (Lipinski definition) is 1. The van der Waals surface area contributed by atoms with Crippen molar-refractivity contribution in [2.45, 2.75) is 11.8 Å². The molecule has 0 unspecified atom stereocenters. The van der Waals surface area contributed by atoms with Crippen LogP contribution in [0, 0.1) is 6.92 Å². The summed E-state index contributed by atoms with van der Waals surface area (Å²) in [5.41, 5.74) is 1.21. The second-order valence-corrected chi connectivity index (χ2v) is 7.42. The number of anilines is 1. The molecule has 0 atom stereocenters. The van der Waals surface area contributed by atoms with Gasteiger partial charge < -0.3 is 0 Å². The summed E-state index contributed by atoms with van der Waals surface area (Å²) in [6, 6.07) is 12.2. The Morgan fingerprint density at radius 1 is 1.05 bits per heavy atom. The van der Waals surface area contributed by atoms with Crippen molar-refractivity contribution < 1.29 is 8.42 Å². The molecule has 0 saturated carbocycles. The minimum Gasteiger partial charge on any atom is -0.278 e. The molecular formula is C13H11Br2NO2S. The maximum absolute atomic E-state index is 12.3. The monoisotopic (exact) mass is 403 g/mol. The summed E-state index contributed by atoms with van der Waals surface area (Å²) in [6.45, 7) is 1.77. The first-order valence-electron chi connectivity index (χ1n) is 5.43. The SMILES string of the molecule is Cc1ccccc1S(=O)(=O)Nc1cc(Br)ccc1Br. The topological polar surface area (TPSA) is 46.2 Å². The van der Waals surface area contributed by atoms with E-state index in [-0.39, 0.29) is 4.90 Å². The van der Waals surface area contributed by atoms with Gasteiger partial charge in [-0.3, -0.25) is 4.72 Å². The van der Waals surface area contributed by atoms with Crippen LogP contribution in [0.1, 0.15) is 5.56 Å². The van der Waals surface area contributed by atoms with Crippen LogP contribution in [-0.2, 0) is 10.0 Å². The zero-order valence-corrected chi connectivity index (χ0v) is 14.0. The number of rotatable bonds is 3. The Labute approximate surface area is 129 Å². The molecule has 1 N–H and O–H groups in total. The summed E-state index contributed by atoms with van der Waals surface area (Å²) in [5.74, 6) is 0. The summed E-state index contributed by atoms with van der Waals surface area (Å²) in [7, 11) is -3.58. The molecule has 0 bridgehead atoms. The van der Waals surface area contributed by atoms with Crippen molar-refractivity contribution in [2.75, 3.05) is 4.72 Å². The minimum atomic E-state index is -3.58. The first-order chi connectivity index (χ1) is 8.90. The second-order valence-electron chi connectivity index (χ2n) is 4.00. The van der Waals surface area contributed by atoms with Gasteiger partial charge in [-0.15, -0.1) is 0 Å². The average Bonchev–Trinajstić information content (AvgIpc) is 2.34. The highest BCUT2D eigenvalue weighted by Crippen LogP contribution is 2.28. The fourth-order valence-corrected chi connectivity index (χ4v) is 3.79. The lowest BCUT2D eigenvalue weighted by Gasteiger charge is -2.11. The highest BCUT2D eigenvalue weighted by Gasteiger charge is 2.17. The molecule has 0 amide bonds. The van der Waals surface area contributed by atoms with Gasteiger partial charge in [-0.1, -0.05) is 34.1 Å². The number of halogens is 2. The fraction of sp³-hybridized carbons (Fsp3) is 0.0769. The van der Waals surface area contributed by atoms with Gasteiger partial charge in [-0.05, 0) is 52.7 Å². The Hall–Kier alpha value is -0.850. The van der Waals surface area contributed by atoms with Crippen LogP contribution in [0.4, 0.5) is 5.69 Å². The molecular weight excluding hydrogens is 394 g/mol. The molecule has 100 valence electrons. The lowest BCUT2D eigenvalue weighted by molar-refractivity contribution is 0.600. The van der Waals surface area contributed by atoms with E-state index in [1.54, 1.807) is 37.3 Å². The summed E-state index contributed by atoms with van der Waals surface area (Å²) >= 11 is 6.65. The van der Waals surface area contributed by atoms with Gasteiger partial charge in [0.2, 0.25) is 0 Å². The van der Waals surface area contributed by atoms with Crippen LogP contribution < -0.4 is 4.72 Å². The third kappa shape index (κ3) is 3.38. The van der Waals surface area contributed by atoms with Crippen LogP contribution >= 0.6 is 31.9 Å². The van der Waals surface area contributed by atoms with Gasteiger partial charge in [-0.2, -0.15) is 0 Å².